The standard InChI is InChI=1S/C44H70O4S6/c1-41(2,3)35-17-29(18-36(42(4,5)6)39(35)47-21-31(45)23-51-27-33-25-49-13-15-53-33)30-19-37(43(7,8)9)40(38(20-30)44(10,11)12)48-22-32(46)24-52-28-34-26-50-14-16-54-34/h17-20,31-34,45-46H,13-16,21-28H2,1-12H3. The molecular weight excluding hydrogens is 785 g/mol. The van der Waals surface area contributed by atoms with Crippen LogP contribution in [0.5, 0.6) is 11.5 Å². The Morgan fingerprint density at radius 1 is 0.556 bits per heavy atom. The molecule has 2 aliphatic heterocycles. The average molecular weight is 855 g/mol. The maximum absolute atomic E-state index is 11.1. The number of hydrogen-bond donors (Lipinski definition) is 2. The molecule has 4 nitrogen and oxygen atoms in total. The van der Waals surface area contributed by atoms with Crippen LogP contribution in [0.3, 0.4) is 0 Å². The van der Waals surface area contributed by atoms with Crippen LogP contribution in [0.25, 0.3) is 11.1 Å². The Kier molecular flexibility index (Phi) is 17.6. The second-order valence-corrected chi connectivity index (χ2v) is 26.2. The number of aliphatic hydroxyl groups excluding tert-OH is 2. The van der Waals surface area contributed by atoms with Crippen LogP contribution in [-0.2, 0) is 21.7 Å². The highest BCUT2D eigenvalue weighted by molar-refractivity contribution is 8.08. The molecule has 4 unspecified atom stereocenters. The van der Waals surface area contributed by atoms with Gasteiger partial charge in [0.15, 0.2) is 0 Å². The number of aliphatic hydroxyl groups is 2. The van der Waals surface area contributed by atoms with E-state index >= 15 is 0 Å². The van der Waals surface area contributed by atoms with Gasteiger partial charge in [0.05, 0.1) is 12.2 Å². The molecule has 0 saturated carbocycles. The Morgan fingerprint density at radius 2 is 0.870 bits per heavy atom. The van der Waals surface area contributed by atoms with Crippen molar-refractivity contribution < 1.29 is 19.7 Å². The third-order valence-electron chi connectivity index (χ3n) is 9.58. The highest BCUT2D eigenvalue weighted by Gasteiger charge is 2.32. The van der Waals surface area contributed by atoms with E-state index in [9.17, 15) is 10.2 Å². The highest BCUT2D eigenvalue weighted by atomic mass is 32.2. The van der Waals surface area contributed by atoms with Crippen LogP contribution < -0.4 is 9.47 Å². The van der Waals surface area contributed by atoms with Gasteiger partial charge in [0, 0.05) is 90.3 Å². The van der Waals surface area contributed by atoms with Gasteiger partial charge in [-0.1, -0.05) is 83.1 Å². The third kappa shape index (κ3) is 14.1. The summed E-state index contributed by atoms with van der Waals surface area (Å²) in [5, 5.41) is 23.5. The van der Waals surface area contributed by atoms with Gasteiger partial charge in [-0.25, -0.2) is 0 Å². The van der Waals surface area contributed by atoms with Crippen molar-refractivity contribution in [3.05, 3.63) is 46.5 Å². The van der Waals surface area contributed by atoms with Crippen molar-refractivity contribution in [3.8, 4) is 22.6 Å². The molecule has 2 saturated heterocycles. The zero-order chi connectivity index (χ0) is 39.9. The lowest BCUT2D eigenvalue weighted by atomic mass is 9.75. The van der Waals surface area contributed by atoms with Gasteiger partial charge in [0.2, 0.25) is 0 Å². The lowest BCUT2D eigenvalue weighted by Gasteiger charge is -2.33. The molecule has 10 heteroatoms. The van der Waals surface area contributed by atoms with Crippen molar-refractivity contribution in [2.24, 2.45) is 0 Å². The fourth-order valence-electron chi connectivity index (χ4n) is 6.52. The summed E-state index contributed by atoms with van der Waals surface area (Å²) in [5.74, 6) is 12.8. The second-order valence-electron chi connectivity index (χ2n) is 18.9. The van der Waals surface area contributed by atoms with E-state index in [0.717, 1.165) is 56.4 Å². The molecular formula is C44H70O4S6. The molecule has 2 aliphatic rings. The largest absolute Gasteiger partial charge is 0.490 e. The average Bonchev–Trinajstić information content (AvgIpc) is 3.08. The van der Waals surface area contributed by atoms with Gasteiger partial charge in [-0.3, -0.25) is 0 Å². The molecule has 0 spiro atoms. The first-order valence-corrected chi connectivity index (χ1v) is 26.4. The van der Waals surface area contributed by atoms with E-state index in [-0.39, 0.29) is 34.9 Å². The molecule has 0 aliphatic carbocycles. The van der Waals surface area contributed by atoms with Gasteiger partial charge < -0.3 is 19.7 Å². The first-order valence-electron chi connectivity index (χ1n) is 19.7. The van der Waals surface area contributed by atoms with Gasteiger partial charge >= 0.3 is 0 Å². The number of benzene rings is 2. The first-order chi connectivity index (χ1) is 25.1. The second kappa shape index (κ2) is 20.4. The van der Waals surface area contributed by atoms with E-state index < -0.39 is 12.2 Å². The van der Waals surface area contributed by atoms with Crippen molar-refractivity contribution in [1.29, 1.82) is 0 Å². The fourth-order valence-corrected chi connectivity index (χ4v) is 14.8. The molecule has 4 atom stereocenters. The zero-order valence-electron chi connectivity index (χ0n) is 35.3. The molecule has 2 aromatic carbocycles. The minimum atomic E-state index is -0.528. The summed E-state index contributed by atoms with van der Waals surface area (Å²) in [6.45, 7) is 27.6. The van der Waals surface area contributed by atoms with E-state index in [1.54, 1.807) is 0 Å². The van der Waals surface area contributed by atoms with Crippen LogP contribution in [0, 0.1) is 0 Å². The Labute approximate surface area is 355 Å². The number of thioether (sulfide) groups is 6. The van der Waals surface area contributed by atoms with Crippen molar-refractivity contribution in [2.45, 2.75) is 127 Å². The Hall–Kier alpha value is 0.0600. The van der Waals surface area contributed by atoms with E-state index in [1.807, 2.05) is 23.5 Å². The predicted molar refractivity (Wildman–Crippen MR) is 251 cm³/mol. The summed E-state index contributed by atoms with van der Waals surface area (Å²) in [6, 6.07) is 9.29. The van der Waals surface area contributed by atoms with E-state index in [0.29, 0.717) is 22.0 Å². The van der Waals surface area contributed by atoms with Gasteiger partial charge in [-0.15, -0.1) is 0 Å². The van der Waals surface area contributed by atoms with Crippen LogP contribution in [0.4, 0.5) is 0 Å². The van der Waals surface area contributed by atoms with Crippen molar-refractivity contribution >= 4 is 70.6 Å². The normalized spacial score (nSPS) is 20.1. The summed E-state index contributed by atoms with van der Waals surface area (Å²) < 4.78 is 13.4. The molecule has 0 bridgehead atoms. The number of rotatable bonds is 15. The predicted octanol–water partition coefficient (Wildman–Crippen LogP) is 11.2. The summed E-state index contributed by atoms with van der Waals surface area (Å²) >= 11 is 12.0. The van der Waals surface area contributed by atoms with Gasteiger partial charge in [-0.2, -0.15) is 70.6 Å². The Bertz CT molecular complexity index is 1290. The van der Waals surface area contributed by atoms with E-state index in [1.165, 1.54) is 34.5 Å². The summed E-state index contributed by atoms with van der Waals surface area (Å²) in [4.78, 5) is 0. The number of hydrogen-bond acceptors (Lipinski definition) is 10. The Morgan fingerprint density at radius 3 is 1.13 bits per heavy atom. The monoisotopic (exact) mass is 854 g/mol. The molecule has 0 radical (unpaired) electrons. The molecule has 2 fully saturated rings. The van der Waals surface area contributed by atoms with Gasteiger partial charge in [-0.05, 0) is 57.1 Å². The van der Waals surface area contributed by atoms with E-state index in [2.05, 4.69) is 154 Å². The van der Waals surface area contributed by atoms with E-state index in [4.69, 9.17) is 9.47 Å². The summed E-state index contributed by atoms with van der Waals surface area (Å²) in [6.07, 6.45) is -1.06. The van der Waals surface area contributed by atoms with Gasteiger partial charge in [0.25, 0.3) is 0 Å². The third-order valence-corrected chi connectivity index (χ3v) is 18.2. The van der Waals surface area contributed by atoms with Crippen LogP contribution in [0.1, 0.15) is 105 Å². The minimum Gasteiger partial charge on any atom is -0.490 e. The molecule has 2 heterocycles. The molecule has 0 aromatic heterocycles. The topological polar surface area (TPSA) is 58.9 Å². The maximum Gasteiger partial charge on any atom is 0.126 e. The van der Waals surface area contributed by atoms with Crippen molar-refractivity contribution in [1.82, 2.24) is 0 Å². The zero-order valence-corrected chi connectivity index (χ0v) is 40.2. The summed E-state index contributed by atoms with van der Waals surface area (Å²) in [5.41, 5.74) is 6.18. The smallest absolute Gasteiger partial charge is 0.126 e. The molecule has 2 N–H and O–H groups in total. The van der Waals surface area contributed by atoms with Crippen molar-refractivity contribution in [3.63, 3.8) is 0 Å². The quantitative estimate of drug-likeness (QED) is 0.181. The minimum absolute atomic E-state index is 0.188. The lowest BCUT2D eigenvalue weighted by molar-refractivity contribution is 0.123. The molecule has 0 amide bonds. The number of ether oxygens (including phenoxy) is 2. The first kappa shape index (κ1) is 46.7. The fraction of sp³-hybridized carbons (Fsp3) is 0.727. The van der Waals surface area contributed by atoms with Crippen LogP contribution in [-0.4, -0.2) is 104 Å². The molecule has 2 aromatic rings. The highest BCUT2D eigenvalue weighted by Crippen LogP contribution is 2.47. The maximum atomic E-state index is 11.1. The van der Waals surface area contributed by atoms with Gasteiger partial charge in [0.1, 0.15) is 24.7 Å². The molecule has 54 heavy (non-hydrogen) atoms. The SMILES string of the molecule is CC(C)(C)c1cc(-c2cc(C(C)(C)C)c(OCC(O)CSCC3CSCCS3)c(C(C)(C)C)c2)cc(C(C)(C)C)c1OCC(O)CSCC1CSCCS1. The van der Waals surface area contributed by atoms with Crippen LogP contribution >= 0.6 is 70.6 Å². The summed E-state index contributed by atoms with van der Waals surface area (Å²) in [7, 11) is 0. The molecule has 306 valence electrons. The lowest BCUT2D eigenvalue weighted by Crippen LogP contribution is -2.26. The Balaban J connectivity index is 1.65. The van der Waals surface area contributed by atoms with Crippen molar-refractivity contribution in [2.75, 3.05) is 70.7 Å². The van der Waals surface area contributed by atoms with Crippen LogP contribution in [0.15, 0.2) is 24.3 Å². The van der Waals surface area contributed by atoms with Crippen LogP contribution in [0.2, 0.25) is 0 Å². The molecule has 4 rings (SSSR count).